The summed E-state index contributed by atoms with van der Waals surface area (Å²) in [6, 6.07) is 15.9. The molecule has 2 aromatic carbocycles. The Morgan fingerprint density at radius 2 is 2.00 bits per heavy atom. The van der Waals surface area contributed by atoms with Crippen LogP contribution in [0.3, 0.4) is 0 Å². The zero-order valence-electron chi connectivity index (χ0n) is 15.8. The van der Waals surface area contributed by atoms with Gasteiger partial charge in [0, 0.05) is 23.5 Å². The Morgan fingerprint density at radius 3 is 2.71 bits per heavy atom. The molecule has 144 valence electrons. The number of hydrogen-bond donors (Lipinski definition) is 0. The van der Waals surface area contributed by atoms with Crippen LogP contribution in [0.25, 0.3) is 5.69 Å². The van der Waals surface area contributed by atoms with Crippen molar-refractivity contribution in [1.82, 2.24) is 19.9 Å². The van der Waals surface area contributed by atoms with Crippen molar-refractivity contribution in [3.63, 3.8) is 0 Å². The molecule has 1 atom stereocenters. The molecule has 1 saturated heterocycles. The maximum absolute atomic E-state index is 13.0. The number of benzene rings is 2. The van der Waals surface area contributed by atoms with Crippen molar-refractivity contribution < 1.29 is 9.53 Å². The second-order valence-electron chi connectivity index (χ2n) is 6.93. The van der Waals surface area contributed by atoms with Crippen LogP contribution in [-0.2, 0) is 0 Å². The van der Waals surface area contributed by atoms with Gasteiger partial charge in [0.25, 0.3) is 5.91 Å². The number of hydrogen-bond acceptors (Lipinski definition) is 4. The van der Waals surface area contributed by atoms with Crippen LogP contribution in [0.4, 0.5) is 0 Å². The first-order valence-electron chi connectivity index (χ1n) is 9.18. The van der Waals surface area contributed by atoms with Gasteiger partial charge in [0.15, 0.2) is 5.69 Å². The first kappa shape index (κ1) is 18.7. The van der Waals surface area contributed by atoms with Gasteiger partial charge in [-0.05, 0) is 49.2 Å². The van der Waals surface area contributed by atoms with E-state index in [0.29, 0.717) is 18.2 Å². The minimum Gasteiger partial charge on any atom is -0.497 e. The van der Waals surface area contributed by atoms with E-state index in [-0.39, 0.29) is 5.91 Å². The molecule has 1 unspecified atom stereocenters. The minimum absolute atomic E-state index is 0.0604. The number of rotatable bonds is 4. The average molecular weight is 441 g/mol. The molecule has 0 aliphatic carbocycles. The van der Waals surface area contributed by atoms with Crippen LogP contribution in [0.1, 0.15) is 34.1 Å². The van der Waals surface area contributed by atoms with Crippen molar-refractivity contribution in [2.45, 2.75) is 19.3 Å². The Bertz CT molecular complexity index is 1000. The highest BCUT2D eigenvalue weighted by molar-refractivity contribution is 9.10. The summed E-state index contributed by atoms with van der Waals surface area (Å²) in [5, 5.41) is 8.38. The summed E-state index contributed by atoms with van der Waals surface area (Å²) in [6.07, 6.45) is 0.941. The molecule has 2 heterocycles. The highest BCUT2D eigenvalue weighted by atomic mass is 79.9. The third-order valence-electron chi connectivity index (χ3n) is 5.21. The van der Waals surface area contributed by atoms with Gasteiger partial charge in [-0.3, -0.25) is 4.79 Å². The van der Waals surface area contributed by atoms with Crippen LogP contribution in [0.15, 0.2) is 53.0 Å². The number of carbonyl (C=O) groups excluding carboxylic acids is 1. The summed E-state index contributed by atoms with van der Waals surface area (Å²) in [6.45, 7) is 3.29. The van der Waals surface area contributed by atoms with Gasteiger partial charge in [-0.15, -0.1) is 5.10 Å². The highest BCUT2D eigenvalue weighted by Crippen LogP contribution is 2.29. The van der Waals surface area contributed by atoms with Crippen molar-refractivity contribution in [2.24, 2.45) is 0 Å². The van der Waals surface area contributed by atoms with E-state index in [4.69, 9.17) is 4.74 Å². The molecule has 0 bridgehead atoms. The molecular weight excluding hydrogens is 420 g/mol. The Kier molecular flexibility index (Phi) is 5.17. The molecular formula is C21H21BrN4O2. The van der Waals surface area contributed by atoms with Crippen molar-refractivity contribution in [1.29, 1.82) is 0 Å². The number of amides is 1. The predicted octanol–water partition coefficient (Wildman–Crippen LogP) is 3.98. The van der Waals surface area contributed by atoms with Crippen molar-refractivity contribution >= 4 is 21.8 Å². The monoisotopic (exact) mass is 440 g/mol. The van der Waals surface area contributed by atoms with Gasteiger partial charge in [-0.25, -0.2) is 4.68 Å². The lowest BCUT2D eigenvalue weighted by molar-refractivity contribution is 0.0784. The number of ether oxygens (including phenoxy) is 1. The number of carbonyl (C=O) groups is 1. The maximum atomic E-state index is 13.0. The molecule has 1 aromatic heterocycles. The molecule has 0 spiro atoms. The second kappa shape index (κ2) is 7.75. The van der Waals surface area contributed by atoms with Crippen LogP contribution in [0, 0.1) is 6.92 Å². The fourth-order valence-electron chi connectivity index (χ4n) is 3.62. The van der Waals surface area contributed by atoms with E-state index in [1.165, 1.54) is 5.56 Å². The van der Waals surface area contributed by atoms with Gasteiger partial charge in [0.1, 0.15) is 5.75 Å². The molecule has 3 aromatic rings. The number of nitrogens with zero attached hydrogens (tertiary/aromatic N) is 4. The molecule has 7 heteroatoms. The summed E-state index contributed by atoms with van der Waals surface area (Å²) in [5.74, 6) is 1.11. The zero-order chi connectivity index (χ0) is 19.7. The van der Waals surface area contributed by atoms with Gasteiger partial charge in [-0.2, -0.15) is 0 Å². The third-order valence-corrected chi connectivity index (χ3v) is 5.71. The Balaban J connectivity index is 1.51. The minimum atomic E-state index is -0.0604. The molecule has 4 rings (SSSR count). The van der Waals surface area contributed by atoms with Crippen molar-refractivity contribution in [3.05, 3.63) is 70.0 Å². The number of likely N-dealkylation sites (tertiary alicyclic amines) is 1. The number of aromatic nitrogens is 3. The molecule has 28 heavy (non-hydrogen) atoms. The van der Waals surface area contributed by atoms with Crippen molar-refractivity contribution in [3.8, 4) is 11.4 Å². The van der Waals surface area contributed by atoms with E-state index in [0.717, 1.165) is 34.6 Å². The van der Waals surface area contributed by atoms with E-state index in [9.17, 15) is 4.79 Å². The van der Waals surface area contributed by atoms with Crippen LogP contribution >= 0.6 is 15.9 Å². The molecule has 0 saturated carbocycles. The van der Waals surface area contributed by atoms with Gasteiger partial charge < -0.3 is 9.64 Å². The number of methoxy groups -OCH3 is 1. The lowest BCUT2D eigenvalue weighted by Gasteiger charge is -2.16. The van der Waals surface area contributed by atoms with Crippen molar-refractivity contribution in [2.75, 3.05) is 20.2 Å². The maximum Gasteiger partial charge on any atom is 0.276 e. The molecule has 0 radical (unpaired) electrons. The van der Waals surface area contributed by atoms with Gasteiger partial charge in [0.05, 0.1) is 18.5 Å². The van der Waals surface area contributed by atoms with E-state index in [2.05, 4.69) is 38.4 Å². The van der Waals surface area contributed by atoms with Gasteiger partial charge in [-0.1, -0.05) is 39.3 Å². The summed E-state index contributed by atoms with van der Waals surface area (Å²) in [4.78, 5) is 14.9. The third kappa shape index (κ3) is 3.54. The second-order valence-corrected chi connectivity index (χ2v) is 7.84. The van der Waals surface area contributed by atoms with E-state index in [1.54, 1.807) is 11.8 Å². The molecule has 1 amide bonds. The lowest BCUT2D eigenvalue weighted by Crippen LogP contribution is -2.29. The van der Waals surface area contributed by atoms with Crippen LogP contribution in [0.5, 0.6) is 5.75 Å². The van der Waals surface area contributed by atoms with E-state index >= 15 is 0 Å². The average Bonchev–Trinajstić information content (AvgIpc) is 3.35. The smallest absolute Gasteiger partial charge is 0.276 e. The lowest BCUT2D eigenvalue weighted by atomic mass is 9.98. The molecule has 0 N–H and O–H groups in total. The Morgan fingerprint density at radius 1 is 1.21 bits per heavy atom. The molecule has 1 aliphatic heterocycles. The highest BCUT2D eigenvalue weighted by Gasteiger charge is 2.30. The Hall–Kier alpha value is -2.67. The topological polar surface area (TPSA) is 60.2 Å². The van der Waals surface area contributed by atoms with Gasteiger partial charge in [0.2, 0.25) is 0 Å². The SMILES string of the molecule is COc1ccc(C2CCN(C(=O)c3nnn(-c4cccc(Br)c4)c3C)C2)cc1. The van der Waals surface area contributed by atoms with E-state index in [1.807, 2.05) is 48.2 Å². The first-order valence-corrected chi connectivity index (χ1v) is 9.97. The predicted molar refractivity (Wildman–Crippen MR) is 110 cm³/mol. The fraction of sp³-hybridized carbons (Fsp3) is 0.286. The van der Waals surface area contributed by atoms with Crippen LogP contribution in [0.2, 0.25) is 0 Å². The first-order chi connectivity index (χ1) is 13.6. The summed E-state index contributed by atoms with van der Waals surface area (Å²) < 4.78 is 7.88. The molecule has 6 nitrogen and oxygen atoms in total. The van der Waals surface area contributed by atoms with Crippen LogP contribution < -0.4 is 4.74 Å². The summed E-state index contributed by atoms with van der Waals surface area (Å²) in [7, 11) is 1.66. The quantitative estimate of drug-likeness (QED) is 0.615. The molecule has 1 aliphatic rings. The zero-order valence-corrected chi connectivity index (χ0v) is 17.4. The number of halogens is 1. The summed E-state index contributed by atoms with van der Waals surface area (Å²) in [5.41, 5.74) is 3.26. The summed E-state index contributed by atoms with van der Waals surface area (Å²) >= 11 is 3.47. The largest absolute Gasteiger partial charge is 0.497 e. The fourth-order valence-corrected chi connectivity index (χ4v) is 4.01. The van der Waals surface area contributed by atoms with E-state index < -0.39 is 0 Å². The molecule has 1 fully saturated rings. The normalized spacial score (nSPS) is 16.4. The standard InChI is InChI=1S/C21H21BrN4O2/c1-14-20(23-24-26(14)18-5-3-4-17(22)12-18)21(27)25-11-10-16(13-25)15-6-8-19(28-2)9-7-15/h3-9,12,16H,10-11,13H2,1-2H3. The van der Waals surface area contributed by atoms with Crippen LogP contribution in [-0.4, -0.2) is 46.0 Å². The Labute approximate surface area is 172 Å². The van der Waals surface area contributed by atoms with Gasteiger partial charge >= 0.3 is 0 Å².